The second-order valence-electron chi connectivity index (χ2n) is 6.99. The van der Waals surface area contributed by atoms with Crippen molar-refractivity contribution in [3.63, 3.8) is 0 Å². The predicted molar refractivity (Wildman–Crippen MR) is 125 cm³/mol. The van der Waals surface area contributed by atoms with E-state index in [2.05, 4.69) is 26.0 Å². The average molecular weight is 508 g/mol. The van der Waals surface area contributed by atoms with Gasteiger partial charge in [0, 0.05) is 15.7 Å². The van der Waals surface area contributed by atoms with Gasteiger partial charge >= 0.3 is 0 Å². The molecule has 0 bridgehead atoms. The Hall–Kier alpha value is -2.35. The van der Waals surface area contributed by atoms with Gasteiger partial charge in [0.1, 0.15) is 4.90 Å². The van der Waals surface area contributed by atoms with E-state index in [0.717, 1.165) is 21.2 Å². The molecule has 0 fully saturated rings. The van der Waals surface area contributed by atoms with Crippen molar-refractivity contribution in [1.29, 1.82) is 0 Å². The normalized spacial score (nSPS) is 11.2. The van der Waals surface area contributed by atoms with E-state index < -0.39 is 15.9 Å². The van der Waals surface area contributed by atoms with E-state index >= 15 is 0 Å². The number of halogens is 2. The summed E-state index contributed by atoms with van der Waals surface area (Å²) >= 11 is 9.57. The number of rotatable bonds is 5. The van der Waals surface area contributed by atoms with E-state index in [4.69, 9.17) is 11.6 Å². The molecule has 3 aromatic carbocycles. The molecule has 5 nitrogen and oxygen atoms in total. The maximum atomic E-state index is 12.9. The zero-order valence-electron chi connectivity index (χ0n) is 16.6. The Morgan fingerprint density at radius 1 is 0.933 bits per heavy atom. The molecule has 2 N–H and O–H groups in total. The fourth-order valence-corrected chi connectivity index (χ4v) is 4.81. The molecule has 30 heavy (non-hydrogen) atoms. The number of sulfonamides is 1. The lowest BCUT2D eigenvalue weighted by atomic mass is 10.1. The zero-order valence-corrected chi connectivity index (χ0v) is 19.7. The van der Waals surface area contributed by atoms with Crippen molar-refractivity contribution in [2.75, 3.05) is 10.0 Å². The second-order valence-corrected chi connectivity index (χ2v) is 9.90. The van der Waals surface area contributed by atoms with Crippen LogP contribution in [-0.4, -0.2) is 14.3 Å². The molecule has 3 aromatic rings. The Labute approximate surface area is 189 Å². The van der Waals surface area contributed by atoms with Crippen LogP contribution in [0.5, 0.6) is 0 Å². The van der Waals surface area contributed by atoms with Gasteiger partial charge in [-0.3, -0.25) is 9.52 Å². The van der Waals surface area contributed by atoms with E-state index in [1.165, 1.54) is 18.2 Å². The summed E-state index contributed by atoms with van der Waals surface area (Å²) in [6.45, 7) is 5.65. The molecule has 0 aliphatic heterocycles. The first-order chi connectivity index (χ1) is 14.1. The summed E-state index contributed by atoms with van der Waals surface area (Å²) in [5, 5.41) is 2.80. The van der Waals surface area contributed by atoms with Crippen LogP contribution in [0.3, 0.4) is 0 Å². The van der Waals surface area contributed by atoms with Crippen LogP contribution < -0.4 is 10.0 Å². The fraction of sp³-hybridized carbons (Fsp3) is 0.136. The van der Waals surface area contributed by atoms with E-state index in [9.17, 15) is 13.2 Å². The van der Waals surface area contributed by atoms with Crippen LogP contribution in [0.1, 0.15) is 27.0 Å². The second kappa shape index (κ2) is 8.79. The third-order valence-corrected chi connectivity index (χ3v) is 7.26. The molecule has 0 heterocycles. The highest BCUT2D eigenvalue weighted by Crippen LogP contribution is 2.27. The quantitative estimate of drug-likeness (QED) is 0.439. The van der Waals surface area contributed by atoms with Gasteiger partial charge in [-0.2, -0.15) is 0 Å². The number of carbonyl (C=O) groups is 1. The predicted octanol–water partition coefficient (Wildman–Crippen LogP) is 6.08. The lowest BCUT2D eigenvalue weighted by molar-refractivity contribution is 0.102. The number of amides is 1. The molecule has 0 atom stereocenters. The van der Waals surface area contributed by atoms with Gasteiger partial charge in [0.25, 0.3) is 15.9 Å². The van der Waals surface area contributed by atoms with Gasteiger partial charge < -0.3 is 5.32 Å². The van der Waals surface area contributed by atoms with Gasteiger partial charge in [0.15, 0.2) is 0 Å². The van der Waals surface area contributed by atoms with Crippen molar-refractivity contribution in [3.8, 4) is 0 Å². The smallest absolute Gasteiger partial charge is 0.263 e. The standard InChI is InChI=1S/C22H20BrClN2O3S/c1-13-4-9-20(15(3)10-13)26-30(28,29)21-12-16(5-8-19(21)24)22(27)25-17-6-7-18(23)14(2)11-17/h4-12,26H,1-3H3,(H,25,27). The zero-order chi connectivity index (χ0) is 22.1. The Morgan fingerprint density at radius 2 is 1.67 bits per heavy atom. The van der Waals surface area contributed by atoms with Gasteiger partial charge in [-0.25, -0.2) is 8.42 Å². The number of anilines is 2. The summed E-state index contributed by atoms with van der Waals surface area (Å²) in [7, 11) is -3.99. The molecule has 0 spiro atoms. The number of benzene rings is 3. The van der Waals surface area contributed by atoms with E-state index in [-0.39, 0.29) is 15.5 Å². The summed E-state index contributed by atoms with van der Waals surface area (Å²) in [5.74, 6) is -0.434. The number of aryl methyl sites for hydroxylation is 3. The minimum atomic E-state index is -3.99. The van der Waals surface area contributed by atoms with Crippen molar-refractivity contribution >= 4 is 54.8 Å². The molecule has 0 aromatic heterocycles. The molecule has 0 saturated carbocycles. The van der Waals surface area contributed by atoms with Gasteiger partial charge in [-0.05, 0) is 74.4 Å². The van der Waals surface area contributed by atoms with Crippen molar-refractivity contribution in [3.05, 3.63) is 86.3 Å². The summed E-state index contributed by atoms with van der Waals surface area (Å²) < 4.78 is 29.4. The molecule has 1 amide bonds. The molecule has 8 heteroatoms. The maximum Gasteiger partial charge on any atom is 0.263 e. The van der Waals surface area contributed by atoms with Crippen LogP contribution in [0.15, 0.2) is 64.0 Å². The van der Waals surface area contributed by atoms with E-state index in [1.807, 2.05) is 45.0 Å². The molecule has 156 valence electrons. The van der Waals surface area contributed by atoms with Gasteiger partial charge in [-0.1, -0.05) is 45.2 Å². The van der Waals surface area contributed by atoms with Crippen LogP contribution in [0.25, 0.3) is 0 Å². The molecular formula is C22H20BrClN2O3S. The summed E-state index contributed by atoms with van der Waals surface area (Å²) in [5.41, 5.74) is 4.01. The minimum absolute atomic E-state index is 0.0308. The van der Waals surface area contributed by atoms with E-state index in [0.29, 0.717) is 11.4 Å². The third-order valence-electron chi connectivity index (χ3n) is 4.52. The molecule has 0 radical (unpaired) electrons. The Kier molecular flexibility index (Phi) is 6.55. The first-order valence-electron chi connectivity index (χ1n) is 9.04. The Bertz CT molecular complexity index is 1240. The van der Waals surface area contributed by atoms with Crippen LogP contribution in [0.2, 0.25) is 5.02 Å². The highest BCUT2D eigenvalue weighted by atomic mass is 79.9. The molecule has 0 saturated heterocycles. The first-order valence-corrected chi connectivity index (χ1v) is 11.7. The molecule has 0 unspecified atom stereocenters. The summed E-state index contributed by atoms with van der Waals surface area (Å²) in [6.07, 6.45) is 0. The lowest BCUT2D eigenvalue weighted by Gasteiger charge is -2.13. The minimum Gasteiger partial charge on any atom is -0.322 e. The van der Waals surface area contributed by atoms with Crippen LogP contribution >= 0.6 is 27.5 Å². The fourth-order valence-electron chi connectivity index (χ4n) is 2.90. The number of carbonyl (C=O) groups excluding carboxylic acids is 1. The van der Waals surface area contributed by atoms with Crippen molar-refractivity contribution < 1.29 is 13.2 Å². The monoisotopic (exact) mass is 506 g/mol. The van der Waals surface area contributed by atoms with Crippen molar-refractivity contribution in [1.82, 2.24) is 0 Å². The number of hydrogen-bond acceptors (Lipinski definition) is 3. The highest BCUT2D eigenvalue weighted by Gasteiger charge is 2.21. The van der Waals surface area contributed by atoms with Crippen LogP contribution in [0, 0.1) is 20.8 Å². The van der Waals surface area contributed by atoms with Gasteiger partial charge in [-0.15, -0.1) is 0 Å². The third kappa shape index (κ3) is 5.03. The number of nitrogens with one attached hydrogen (secondary N) is 2. The average Bonchev–Trinajstić information content (AvgIpc) is 2.67. The summed E-state index contributed by atoms with van der Waals surface area (Å²) in [6, 6.07) is 15.0. The first kappa shape index (κ1) is 22.3. The van der Waals surface area contributed by atoms with Crippen molar-refractivity contribution in [2.24, 2.45) is 0 Å². The topological polar surface area (TPSA) is 75.3 Å². The molecule has 3 rings (SSSR count). The molecular weight excluding hydrogens is 488 g/mol. The summed E-state index contributed by atoms with van der Waals surface area (Å²) in [4.78, 5) is 12.5. The van der Waals surface area contributed by atoms with Crippen molar-refractivity contribution in [2.45, 2.75) is 25.7 Å². The Balaban J connectivity index is 1.89. The van der Waals surface area contributed by atoms with E-state index in [1.54, 1.807) is 12.1 Å². The largest absolute Gasteiger partial charge is 0.322 e. The van der Waals surface area contributed by atoms with Crippen LogP contribution in [-0.2, 0) is 10.0 Å². The molecule has 0 aliphatic carbocycles. The van der Waals surface area contributed by atoms with Crippen LogP contribution in [0.4, 0.5) is 11.4 Å². The maximum absolute atomic E-state index is 12.9. The van der Waals surface area contributed by atoms with Gasteiger partial charge in [0.2, 0.25) is 0 Å². The Morgan fingerprint density at radius 3 is 2.33 bits per heavy atom. The van der Waals surface area contributed by atoms with Gasteiger partial charge in [0.05, 0.1) is 10.7 Å². The SMILES string of the molecule is Cc1ccc(NS(=O)(=O)c2cc(C(=O)Nc3ccc(Br)c(C)c3)ccc2Cl)c(C)c1. The molecule has 0 aliphatic rings. The number of hydrogen-bond donors (Lipinski definition) is 2. The highest BCUT2D eigenvalue weighted by molar-refractivity contribution is 9.10. The lowest BCUT2D eigenvalue weighted by Crippen LogP contribution is -2.17.